The van der Waals surface area contributed by atoms with E-state index in [4.69, 9.17) is 18.5 Å². The Hall–Kier alpha value is -0.760. The largest absolute Gasteiger partial charge is 0.472 e. The van der Waals surface area contributed by atoms with Gasteiger partial charge in [0, 0.05) is 13.0 Å². The first-order chi connectivity index (χ1) is 25.1. The number of phosphoric acid groups is 1. The standard InChI is InChI=1S/C43H86NO7P/c1-6-8-10-12-14-16-18-20-21-22-23-24-25-27-29-31-33-35-38-48-40-42(41-50-52(46,47)49-39-37-44(3,4)5)51-43(45)36-34-32-30-28-26-19-17-15-13-11-9-7-2/h20-21,42H,6-19,22-41H2,1-5H3/p+1/b21-20-. The Bertz CT molecular complexity index is 848. The van der Waals surface area contributed by atoms with E-state index in [-0.39, 0.29) is 25.8 Å². The van der Waals surface area contributed by atoms with Gasteiger partial charge < -0.3 is 18.9 Å². The first-order valence-corrected chi connectivity index (χ1v) is 23.4. The number of carbonyl (C=O) groups is 1. The number of hydrogen-bond acceptors (Lipinski definition) is 6. The zero-order valence-electron chi connectivity index (χ0n) is 35.1. The smallest absolute Gasteiger partial charge is 0.457 e. The van der Waals surface area contributed by atoms with Crippen molar-refractivity contribution in [2.24, 2.45) is 0 Å². The van der Waals surface area contributed by atoms with E-state index in [9.17, 15) is 14.3 Å². The van der Waals surface area contributed by atoms with Crippen molar-refractivity contribution in [3.05, 3.63) is 12.2 Å². The van der Waals surface area contributed by atoms with Crippen molar-refractivity contribution < 1.29 is 37.3 Å². The minimum Gasteiger partial charge on any atom is -0.457 e. The van der Waals surface area contributed by atoms with Gasteiger partial charge >= 0.3 is 13.8 Å². The molecule has 0 rings (SSSR count). The quantitative estimate of drug-likeness (QED) is 0.0218. The predicted molar refractivity (Wildman–Crippen MR) is 220 cm³/mol. The van der Waals surface area contributed by atoms with Crippen LogP contribution in [0, 0.1) is 0 Å². The molecule has 0 saturated carbocycles. The second-order valence-corrected chi connectivity index (χ2v) is 17.5. The van der Waals surface area contributed by atoms with Gasteiger partial charge in [-0.3, -0.25) is 13.8 Å². The lowest BCUT2D eigenvalue weighted by molar-refractivity contribution is -0.870. The number of likely N-dealkylation sites (N-methyl/N-ethyl adjacent to an activating group) is 1. The Morgan fingerprint density at radius 3 is 1.46 bits per heavy atom. The van der Waals surface area contributed by atoms with Gasteiger partial charge in [-0.2, -0.15) is 0 Å². The Balaban J connectivity index is 4.18. The molecule has 2 unspecified atom stereocenters. The number of esters is 1. The van der Waals surface area contributed by atoms with Crippen LogP contribution >= 0.6 is 7.82 Å². The summed E-state index contributed by atoms with van der Waals surface area (Å²) in [5, 5.41) is 0. The SMILES string of the molecule is CCCCCCCC/C=C\CCCCCCCCCCOCC(COP(=O)(O)OCC[N+](C)(C)C)OC(=O)CCCCCCCCCCCCCC. The lowest BCUT2D eigenvalue weighted by Crippen LogP contribution is -2.37. The van der Waals surface area contributed by atoms with Gasteiger partial charge in [-0.05, 0) is 38.5 Å². The van der Waals surface area contributed by atoms with Crippen molar-refractivity contribution >= 4 is 13.8 Å². The zero-order valence-corrected chi connectivity index (χ0v) is 36.0. The first kappa shape index (κ1) is 51.2. The minimum absolute atomic E-state index is 0.0912. The Kier molecular flexibility index (Phi) is 36.6. The zero-order chi connectivity index (χ0) is 38.4. The van der Waals surface area contributed by atoms with Gasteiger partial charge in [0.15, 0.2) is 0 Å². The van der Waals surface area contributed by atoms with E-state index < -0.39 is 13.9 Å². The molecule has 0 aliphatic rings. The maximum Gasteiger partial charge on any atom is 0.472 e. The van der Waals surface area contributed by atoms with Crippen molar-refractivity contribution in [3.63, 3.8) is 0 Å². The highest BCUT2D eigenvalue weighted by Gasteiger charge is 2.26. The number of phosphoric ester groups is 1. The summed E-state index contributed by atoms with van der Waals surface area (Å²) in [7, 11) is 1.68. The highest BCUT2D eigenvalue weighted by Crippen LogP contribution is 2.43. The Morgan fingerprint density at radius 1 is 0.577 bits per heavy atom. The molecule has 8 nitrogen and oxygen atoms in total. The lowest BCUT2D eigenvalue weighted by atomic mass is 10.0. The first-order valence-electron chi connectivity index (χ1n) is 21.9. The molecular formula is C43H87NO7P+. The molecule has 0 saturated heterocycles. The molecule has 1 N–H and O–H groups in total. The van der Waals surface area contributed by atoms with Gasteiger partial charge in [0.1, 0.15) is 19.3 Å². The third-order valence-corrected chi connectivity index (χ3v) is 10.6. The van der Waals surface area contributed by atoms with Gasteiger partial charge in [0.25, 0.3) is 0 Å². The summed E-state index contributed by atoms with van der Waals surface area (Å²) < 4.78 is 35.0. The highest BCUT2D eigenvalue weighted by molar-refractivity contribution is 7.47. The third-order valence-electron chi connectivity index (χ3n) is 9.58. The molecule has 9 heteroatoms. The monoisotopic (exact) mass is 761 g/mol. The molecule has 0 aromatic rings. The number of hydrogen-bond donors (Lipinski definition) is 1. The van der Waals surface area contributed by atoms with Gasteiger partial charge in [-0.25, -0.2) is 4.57 Å². The summed E-state index contributed by atoms with van der Waals surface area (Å²) in [6.45, 7) is 5.64. The molecule has 2 atom stereocenters. The normalized spacial score (nSPS) is 13.9. The predicted octanol–water partition coefficient (Wildman–Crippen LogP) is 12.7. The minimum atomic E-state index is -4.27. The summed E-state index contributed by atoms with van der Waals surface area (Å²) in [6.07, 6.45) is 39.5. The second-order valence-electron chi connectivity index (χ2n) is 16.1. The van der Waals surface area contributed by atoms with E-state index in [1.807, 2.05) is 21.1 Å². The number of quaternary nitrogens is 1. The third kappa shape index (κ3) is 40.4. The molecule has 0 radical (unpaired) electrons. The van der Waals surface area contributed by atoms with Crippen LogP contribution < -0.4 is 0 Å². The topological polar surface area (TPSA) is 91.3 Å². The molecule has 0 aromatic heterocycles. The van der Waals surface area contributed by atoms with Crippen molar-refractivity contribution in [3.8, 4) is 0 Å². The van der Waals surface area contributed by atoms with Crippen molar-refractivity contribution in [1.29, 1.82) is 0 Å². The molecule has 52 heavy (non-hydrogen) atoms. The van der Waals surface area contributed by atoms with E-state index in [0.29, 0.717) is 24.1 Å². The molecule has 0 aliphatic carbocycles. The van der Waals surface area contributed by atoms with E-state index in [0.717, 1.165) is 32.1 Å². The maximum atomic E-state index is 12.7. The number of rotatable bonds is 41. The van der Waals surface area contributed by atoms with Crippen molar-refractivity contribution in [2.75, 3.05) is 54.1 Å². The molecule has 0 bridgehead atoms. The molecule has 0 aromatic carbocycles. The molecule has 0 amide bonds. The van der Waals surface area contributed by atoms with E-state index in [1.165, 1.54) is 148 Å². The van der Waals surface area contributed by atoms with Crippen LogP contribution in [0.1, 0.15) is 200 Å². The van der Waals surface area contributed by atoms with E-state index in [1.54, 1.807) is 0 Å². The van der Waals surface area contributed by atoms with E-state index in [2.05, 4.69) is 26.0 Å². The number of unbranched alkanes of at least 4 members (excludes halogenated alkanes) is 25. The van der Waals surface area contributed by atoms with E-state index >= 15 is 0 Å². The summed E-state index contributed by atoms with van der Waals surface area (Å²) in [6, 6.07) is 0. The molecular weight excluding hydrogens is 673 g/mol. The number of ether oxygens (including phenoxy) is 2. The average Bonchev–Trinajstić information content (AvgIpc) is 3.09. The fraction of sp³-hybridized carbons (Fsp3) is 0.930. The second kappa shape index (κ2) is 37.2. The van der Waals surface area contributed by atoms with Crippen molar-refractivity contribution in [2.45, 2.75) is 206 Å². The van der Waals surface area contributed by atoms with Gasteiger partial charge in [-0.15, -0.1) is 0 Å². The van der Waals surface area contributed by atoms with Gasteiger partial charge in [-0.1, -0.05) is 167 Å². The summed E-state index contributed by atoms with van der Waals surface area (Å²) in [4.78, 5) is 22.8. The maximum absolute atomic E-state index is 12.7. The molecule has 0 fully saturated rings. The molecule has 0 aliphatic heterocycles. The number of carbonyl (C=O) groups excluding carboxylic acids is 1. The van der Waals surface area contributed by atoms with Gasteiger partial charge in [0.05, 0.1) is 34.4 Å². The summed E-state index contributed by atoms with van der Waals surface area (Å²) in [5.41, 5.74) is 0. The Labute approximate surface area is 322 Å². The fourth-order valence-corrected chi connectivity index (χ4v) is 6.88. The molecule has 310 valence electrons. The van der Waals surface area contributed by atoms with Crippen molar-refractivity contribution in [1.82, 2.24) is 0 Å². The molecule has 0 heterocycles. The highest BCUT2D eigenvalue weighted by atomic mass is 31.2. The van der Waals surface area contributed by atoms with Crippen LogP contribution in [-0.4, -0.2) is 75.6 Å². The number of allylic oxidation sites excluding steroid dienone is 2. The molecule has 0 spiro atoms. The Morgan fingerprint density at radius 2 is 1.00 bits per heavy atom. The van der Waals surface area contributed by atoms with Crippen LogP contribution in [0.5, 0.6) is 0 Å². The summed E-state index contributed by atoms with van der Waals surface area (Å²) in [5.74, 6) is -0.313. The van der Waals surface area contributed by atoms with Crippen LogP contribution in [0.15, 0.2) is 12.2 Å². The van der Waals surface area contributed by atoms with Crippen LogP contribution in [0.2, 0.25) is 0 Å². The van der Waals surface area contributed by atoms with Crippen LogP contribution in [0.25, 0.3) is 0 Å². The summed E-state index contributed by atoms with van der Waals surface area (Å²) >= 11 is 0. The van der Waals surface area contributed by atoms with Crippen LogP contribution in [0.3, 0.4) is 0 Å². The lowest BCUT2D eigenvalue weighted by Gasteiger charge is -2.24. The van der Waals surface area contributed by atoms with Crippen LogP contribution in [0.4, 0.5) is 0 Å². The fourth-order valence-electron chi connectivity index (χ4n) is 6.14. The average molecular weight is 761 g/mol. The van der Waals surface area contributed by atoms with Gasteiger partial charge in [0.2, 0.25) is 0 Å². The van der Waals surface area contributed by atoms with Crippen LogP contribution in [-0.2, 0) is 27.9 Å². The number of nitrogens with zero attached hydrogens (tertiary/aromatic N) is 1.